The van der Waals surface area contributed by atoms with Gasteiger partial charge in [0.25, 0.3) is 0 Å². The van der Waals surface area contributed by atoms with Crippen molar-refractivity contribution >= 4 is 16.7 Å². The Morgan fingerprint density at radius 3 is 2.62 bits per heavy atom. The summed E-state index contributed by atoms with van der Waals surface area (Å²) in [4.78, 5) is 17.5. The van der Waals surface area contributed by atoms with Crippen LogP contribution in [-0.2, 0) is 0 Å². The van der Waals surface area contributed by atoms with Crippen LogP contribution in [-0.4, -0.2) is 29.9 Å². The molecule has 2 aromatic rings. The van der Waals surface area contributed by atoms with Gasteiger partial charge < -0.3 is 9.88 Å². The van der Waals surface area contributed by atoms with E-state index in [-0.39, 0.29) is 11.8 Å². The molecule has 3 rings (SSSR count). The van der Waals surface area contributed by atoms with Crippen LogP contribution in [0.1, 0.15) is 37.6 Å². The Morgan fingerprint density at radius 2 is 1.90 bits per heavy atom. The second kappa shape index (κ2) is 5.64. The number of piperidine rings is 1. The number of hydrogen-bond donors (Lipinski definition) is 2. The van der Waals surface area contributed by atoms with E-state index in [9.17, 15) is 4.79 Å². The van der Waals surface area contributed by atoms with Gasteiger partial charge in [0.1, 0.15) is 6.04 Å². The molecule has 0 saturated carbocycles. The lowest BCUT2D eigenvalue weighted by molar-refractivity contribution is -0.925. The highest BCUT2D eigenvalue weighted by atomic mass is 16.1. The molecule has 112 valence electrons. The van der Waals surface area contributed by atoms with E-state index in [1.165, 1.54) is 11.3 Å². The minimum atomic E-state index is 0.0365. The first-order valence-corrected chi connectivity index (χ1v) is 8.01. The maximum absolute atomic E-state index is 12.9. The van der Waals surface area contributed by atoms with Gasteiger partial charge >= 0.3 is 0 Å². The van der Waals surface area contributed by atoms with Gasteiger partial charge in [0.05, 0.1) is 13.1 Å². The van der Waals surface area contributed by atoms with Gasteiger partial charge in [-0.25, -0.2) is 0 Å². The molecule has 1 aromatic carbocycles. The first-order chi connectivity index (χ1) is 10.1. The maximum atomic E-state index is 12.9. The fourth-order valence-corrected chi connectivity index (χ4v) is 3.88. The molecule has 3 atom stereocenters. The van der Waals surface area contributed by atoms with E-state index in [0.29, 0.717) is 11.8 Å². The summed E-state index contributed by atoms with van der Waals surface area (Å²) in [7, 11) is 0. The summed E-state index contributed by atoms with van der Waals surface area (Å²) >= 11 is 0. The molecule has 3 nitrogen and oxygen atoms in total. The van der Waals surface area contributed by atoms with Crippen molar-refractivity contribution in [3.63, 3.8) is 0 Å². The Morgan fingerprint density at radius 1 is 1.24 bits per heavy atom. The highest BCUT2D eigenvalue weighted by Gasteiger charge is 2.33. The fraction of sp³-hybridized carbons (Fsp3) is 0.500. The van der Waals surface area contributed by atoms with Crippen molar-refractivity contribution in [3.05, 3.63) is 36.0 Å². The van der Waals surface area contributed by atoms with Gasteiger partial charge in [0.15, 0.2) is 0 Å². The van der Waals surface area contributed by atoms with Crippen molar-refractivity contribution in [2.45, 2.75) is 33.2 Å². The van der Waals surface area contributed by atoms with E-state index in [0.717, 1.165) is 29.6 Å². The molecule has 0 spiro atoms. The summed E-state index contributed by atoms with van der Waals surface area (Å²) in [5.41, 5.74) is 1.89. The number of ketones is 1. The van der Waals surface area contributed by atoms with Crippen LogP contribution in [0.3, 0.4) is 0 Å². The standard InChI is InChI=1S/C18H24N2O/c1-12-8-13(2)11-20(10-12)14(3)18(21)16-9-19-17-7-5-4-6-15(16)17/h4-7,9,12-14,19H,8,10-11H2,1-3H3/p+1/t12-,13-,14-/m0/s1. The molecule has 0 aliphatic carbocycles. The predicted octanol–water partition coefficient (Wildman–Crippen LogP) is 2.30. The summed E-state index contributed by atoms with van der Waals surface area (Å²) in [6.07, 6.45) is 3.16. The first-order valence-electron chi connectivity index (χ1n) is 8.01. The number of quaternary nitrogens is 1. The molecule has 21 heavy (non-hydrogen) atoms. The third-order valence-electron chi connectivity index (χ3n) is 4.89. The van der Waals surface area contributed by atoms with E-state index in [4.69, 9.17) is 0 Å². The van der Waals surface area contributed by atoms with Crippen molar-refractivity contribution in [3.8, 4) is 0 Å². The number of H-pyrrole nitrogens is 1. The molecule has 2 heterocycles. The molecule has 1 aliphatic heterocycles. The normalized spacial score (nSPS) is 27.7. The van der Waals surface area contributed by atoms with E-state index in [1.807, 2.05) is 30.5 Å². The third-order valence-corrected chi connectivity index (χ3v) is 4.89. The lowest BCUT2D eigenvalue weighted by Gasteiger charge is -2.35. The van der Waals surface area contributed by atoms with Gasteiger partial charge in [-0.3, -0.25) is 4.79 Å². The van der Waals surface area contributed by atoms with Crippen LogP contribution < -0.4 is 4.90 Å². The molecule has 1 fully saturated rings. The second-order valence-electron chi connectivity index (χ2n) is 6.85. The number of fused-ring (bicyclic) bond motifs is 1. The molecule has 2 N–H and O–H groups in total. The summed E-state index contributed by atoms with van der Waals surface area (Å²) in [6, 6.07) is 8.08. The Balaban J connectivity index is 1.84. The average Bonchev–Trinajstić information content (AvgIpc) is 2.88. The van der Waals surface area contributed by atoms with Gasteiger partial charge in [0, 0.05) is 34.5 Å². The molecule has 3 heteroatoms. The monoisotopic (exact) mass is 285 g/mol. The van der Waals surface area contributed by atoms with Crippen LogP contribution in [0.4, 0.5) is 0 Å². The quantitative estimate of drug-likeness (QED) is 0.834. The second-order valence-corrected chi connectivity index (χ2v) is 6.85. The van der Waals surface area contributed by atoms with Crippen LogP contribution in [0.15, 0.2) is 30.5 Å². The number of aromatic nitrogens is 1. The minimum absolute atomic E-state index is 0.0365. The third kappa shape index (κ3) is 2.75. The fourth-order valence-electron chi connectivity index (χ4n) is 3.88. The highest BCUT2D eigenvalue weighted by Crippen LogP contribution is 2.19. The SMILES string of the molecule is C[C@H]1C[C@H](C)C[NH+]([C@@H](C)C(=O)c2c[nH]c3ccccc23)C1. The maximum Gasteiger partial charge on any atom is 0.221 e. The van der Waals surface area contributed by atoms with Crippen LogP contribution in [0.2, 0.25) is 0 Å². The molecular formula is C18H25N2O+. The number of Topliss-reactive ketones (excluding diaryl/α,β-unsaturated/α-hetero) is 1. The van der Waals surface area contributed by atoms with Crippen molar-refractivity contribution in [1.82, 2.24) is 4.98 Å². The zero-order chi connectivity index (χ0) is 15.0. The zero-order valence-electron chi connectivity index (χ0n) is 13.1. The molecule has 0 unspecified atom stereocenters. The van der Waals surface area contributed by atoms with Crippen LogP contribution in [0, 0.1) is 11.8 Å². The van der Waals surface area contributed by atoms with Gasteiger partial charge in [-0.1, -0.05) is 32.0 Å². The number of benzene rings is 1. The van der Waals surface area contributed by atoms with E-state index >= 15 is 0 Å². The van der Waals surface area contributed by atoms with Gasteiger partial charge in [0.2, 0.25) is 5.78 Å². The number of likely N-dealkylation sites (tertiary alicyclic amines) is 1. The Bertz CT molecular complexity index is 635. The zero-order valence-corrected chi connectivity index (χ0v) is 13.1. The number of rotatable bonds is 3. The number of hydrogen-bond acceptors (Lipinski definition) is 1. The number of para-hydroxylation sites is 1. The van der Waals surface area contributed by atoms with Gasteiger partial charge in [-0.15, -0.1) is 0 Å². The first kappa shape index (κ1) is 14.3. The number of carbonyl (C=O) groups excluding carboxylic acids is 1. The Hall–Kier alpha value is -1.61. The summed E-state index contributed by atoms with van der Waals surface area (Å²) in [5, 5.41) is 1.05. The largest absolute Gasteiger partial charge is 0.360 e. The summed E-state index contributed by atoms with van der Waals surface area (Å²) in [5.74, 6) is 1.69. The summed E-state index contributed by atoms with van der Waals surface area (Å²) < 4.78 is 0. The summed E-state index contributed by atoms with van der Waals surface area (Å²) in [6.45, 7) is 8.92. The lowest BCUT2D eigenvalue weighted by Crippen LogP contribution is -3.18. The van der Waals surface area contributed by atoms with Gasteiger partial charge in [-0.2, -0.15) is 0 Å². The number of nitrogens with one attached hydrogen (secondary N) is 2. The smallest absolute Gasteiger partial charge is 0.221 e. The van der Waals surface area contributed by atoms with Crippen LogP contribution in [0.25, 0.3) is 10.9 Å². The molecule has 1 aromatic heterocycles. The molecule has 1 saturated heterocycles. The number of carbonyl (C=O) groups is 1. The van der Waals surface area contributed by atoms with Crippen molar-refractivity contribution in [1.29, 1.82) is 0 Å². The Labute approximate surface area is 126 Å². The molecule has 1 aliphatic rings. The van der Waals surface area contributed by atoms with Crippen molar-refractivity contribution < 1.29 is 9.69 Å². The van der Waals surface area contributed by atoms with E-state index in [1.54, 1.807) is 0 Å². The number of aromatic amines is 1. The van der Waals surface area contributed by atoms with Gasteiger partial charge in [-0.05, 0) is 19.4 Å². The molecule has 0 bridgehead atoms. The average molecular weight is 285 g/mol. The Kier molecular flexibility index (Phi) is 3.85. The molecule has 0 radical (unpaired) electrons. The van der Waals surface area contributed by atoms with E-state index in [2.05, 4.69) is 25.8 Å². The molecule has 0 amide bonds. The molecular weight excluding hydrogens is 260 g/mol. The van der Waals surface area contributed by atoms with Crippen molar-refractivity contribution in [2.75, 3.05) is 13.1 Å². The predicted molar refractivity (Wildman–Crippen MR) is 85.7 cm³/mol. The van der Waals surface area contributed by atoms with Crippen LogP contribution in [0.5, 0.6) is 0 Å². The van der Waals surface area contributed by atoms with Crippen LogP contribution >= 0.6 is 0 Å². The van der Waals surface area contributed by atoms with Crippen molar-refractivity contribution in [2.24, 2.45) is 11.8 Å². The highest BCUT2D eigenvalue weighted by molar-refractivity contribution is 6.09. The topological polar surface area (TPSA) is 37.3 Å². The minimum Gasteiger partial charge on any atom is -0.360 e. The lowest BCUT2D eigenvalue weighted by atomic mass is 9.90. The van der Waals surface area contributed by atoms with E-state index < -0.39 is 0 Å².